The van der Waals surface area contributed by atoms with E-state index in [1.807, 2.05) is 42.5 Å². The molecule has 0 aliphatic carbocycles. The van der Waals surface area contributed by atoms with Crippen molar-refractivity contribution in [3.05, 3.63) is 78.6 Å². The van der Waals surface area contributed by atoms with Crippen LogP contribution in [0.15, 0.2) is 83.0 Å². The van der Waals surface area contributed by atoms with Crippen LogP contribution in [-0.2, 0) is 21.5 Å². The first kappa shape index (κ1) is 24.7. The molecule has 2 aromatic carbocycles. The highest BCUT2D eigenvalue weighted by atomic mass is 32.2. The fraction of sp³-hybridized carbons (Fsp3) is 0.250. The first-order chi connectivity index (χ1) is 16.7. The molecule has 0 bridgehead atoms. The molecule has 0 amide bonds. The van der Waals surface area contributed by atoms with Crippen LogP contribution in [0.3, 0.4) is 0 Å². The van der Waals surface area contributed by atoms with E-state index >= 15 is 0 Å². The van der Waals surface area contributed by atoms with Gasteiger partial charge in [-0.3, -0.25) is 4.98 Å². The first-order valence-electron chi connectivity index (χ1n) is 10.8. The molecule has 1 aliphatic heterocycles. The average Bonchev–Trinajstić information content (AvgIpc) is 2.85. The molecule has 184 valence electrons. The monoisotopic (exact) mass is 505 g/mol. The van der Waals surface area contributed by atoms with Crippen molar-refractivity contribution in [2.24, 2.45) is 5.16 Å². The molecule has 11 heteroatoms. The van der Waals surface area contributed by atoms with Crippen molar-refractivity contribution in [3.8, 4) is 16.9 Å². The molecule has 3 aromatic rings. The van der Waals surface area contributed by atoms with Crippen LogP contribution in [0.25, 0.3) is 11.1 Å². The molecule has 2 heterocycles. The molecular formula is C24H22F3N3O4S. The maximum Gasteiger partial charge on any atom is 0.573 e. The van der Waals surface area contributed by atoms with Crippen molar-refractivity contribution < 1.29 is 31.2 Å². The third kappa shape index (κ3) is 6.37. The van der Waals surface area contributed by atoms with Crippen LogP contribution < -0.4 is 4.74 Å². The van der Waals surface area contributed by atoms with Crippen molar-refractivity contribution in [3.63, 3.8) is 0 Å². The number of alkyl halides is 3. The van der Waals surface area contributed by atoms with Gasteiger partial charge in [-0.15, -0.1) is 13.2 Å². The maximum absolute atomic E-state index is 12.8. The molecule has 1 fully saturated rings. The third-order valence-electron chi connectivity index (χ3n) is 5.36. The number of piperidine rings is 1. The number of aromatic nitrogens is 1. The van der Waals surface area contributed by atoms with Crippen LogP contribution in [-0.4, -0.2) is 42.9 Å². The van der Waals surface area contributed by atoms with Crippen molar-refractivity contribution >= 4 is 15.7 Å². The van der Waals surface area contributed by atoms with E-state index in [0.29, 0.717) is 12.8 Å². The molecule has 0 atom stereocenters. The molecular weight excluding hydrogens is 483 g/mol. The summed E-state index contributed by atoms with van der Waals surface area (Å²) in [5.41, 5.74) is 3.42. The molecule has 0 radical (unpaired) electrons. The summed E-state index contributed by atoms with van der Waals surface area (Å²) in [5, 5.41) is 4.18. The van der Waals surface area contributed by atoms with Crippen molar-refractivity contribution in [1.82, 2.24) is 9.29 Å². The summed E-state index contributed by atoms with van der Waals surface area (Å²) >= 11 is 0. The zero-order chi connectivity index (χ0) is 24.9. The maximum atomic E-state index is 12.8. The molecule has 1 aliphatic rings. The Morgan fingerprint density at radius 1 is 0.943 bits per heavy atom. The summed E-state index contributed by atoms with van der Waals surface area (Å²) in [6, 6.07) is 17.8. The van der Waals surface area contributed by atoms with Crippen LogP contribution in [0, 0.1) is 0 Å². The first-order valence-corrected chi connectivity index (χ1v) is 12.2. The Morgan fingerprint density at radius 2 is 1.63 bits per heavy atom. The number of hydrogen-bond acceptors (Lipinski definition) is 6. The van der Waals surface area contributed by atoms with Crippen LogP contribution in [0.5, 0.6) is 5.75 Å². The minimum Gasteiger partial charge on any atom is -0.406 e. The van der Waals surface area contributed by atoms with Gasteiger partial charge in [-0.25, -0.2) is 8.42 Å². The Kier molecular flexibility index (Phi) is 7.37. The number of benzene rings is 2. The third-order valence-corrected chi connectivity index (χ3v) is 7.28. The standard InChI is InChI=1S/C24H22F3N3O4S/c25-24(26,27)34-20-8-10-21(11-9-20)35(31,32)30-15-12-19(13-16-30)29-33-17-23-22(7-4-14-28-23)18-5-2-1-3-6-18/h1-11,14H,12-13,15-17H2. The van der Waals surface area contributed by atoms with Crippen LogP contribution >= 0.6 is 0 Å². The molecule has 0 unspecified atom stereocenters. The van der Waals surface area contributed by atoms with E-state index < -0.39 is 22.1 Å². The molecule has 0 spiro atoms. The highest BCUT2D eigenvalue weighted by Crippen LogP contribution is 2.26. The lowest BCUT2D eigenvalue weighted by atomic mass is 10.0. The second-order valence-corrected chi connectivity index (χ2v) is 9.66. The zero-order valence-corrected chi connectivity index (χ0v) is 19.3. The highest BCUT2D eigenvalue weighted by molar-refractivity contribution is 7.89. The summed E-state index contributed by atoms with van der Waals surface area (Å²) in [5.74, 6) is -0.481. The number of sulfonamides is 1. The molecule has 0 N–H and O–H groups in total. The van der Waals surface area contributed by atoms with Gasteiger partial charge in [-0.05, 0) is 35.9 Å². The molecule has 4 rings (SSSR count). The molecule has 7 nitrogen and oxygen atoms in total. The van der Waals surface area contributed by atoms with E-state index in [-0.39, 0.29) is 24.6 Å². The van der Waals surface area contributed by atoms with E-state index in [4.69, 9.17) is 4.84 Å². The Hall–Kier alpha value is -3.44. The predicted molar refractivity (Wildman–Crippen MR) is 123 cm³/mol. The van der Waals surface area contributed by atoms with E-state index in [2.05, 4.69) is 14.9 Å². The van der Waals surface area contributed by atoms with Gasteiger partial charge in [0.15, 0.2) is 6.61 Å². The number of halogens is 3. The van der Waals surface area contributed by atoms with Crippen LogP contribution in [0.1, 0.15) is 18.5 Å². The fourth-order valence-electron chi connectivity index (χ4n) is 3.66. The van der Waals surface area contributed by atoms with Gasteiger partial charge in [0.25, 0.3) is 0 Å². The second-order valence-electron chi connectivity index (χ2n) is 7.72. The lowest BCUT2D eigenvalue weighted by molar-refractivity contribution is -0.274. The summed E-state index contributed by atoms with van der Waals surface area (Å²) in [7, 11) is -3.85. The van der Waals surface area contributed by atoms with E-state index in [9.17, 15) is 21.6 Å². The number of rotatable bonds is 7. The van der Waals surface area contributed by atoms with Crippen LogP contribution in [0.2, 0.25) is 0 Å². The quantitative estimate of drug-likeness (QED) is 0.422. The van der Waals surface area contributed by atoms with Gasteiger partial charge in [0.05, 0.1) is 16.3 Å². The van der Waals surface area contributed by atoms with Crippen molar-refractivity contribution in [2.45, 2.75) is 30.7 Å². The largest absolute Gasteiger partial charge is 0.573 e. The van der Waals surface area contributed by atoms with Gasteiger partial charge < -0.3 is 9.57 Å². The number of pyridine rings is 1. The minimum atomic E-state index is -4.84. The number of oxime groups is 1. The van der Waals surface area contributed by atoms with E-state index in [1.54, 1.807) is 6.20 Å². The molecule has 1 aromatic heterocycles. The van der Waals surface area contributed by atoms with Crippen molar-refractivity contribution in [2.75, 3.05) is 13.1 Å². The van der Waals surface area contributed by atoms with E-state index in [1.165, 1.54) is 4.31 Å². The highest BCUT2D eigenvalue weighted by Gasteiger charge is 2.32. The SMILES string of the molecule is O=S(=O)(c1ccc(OC(F)(F)F)cc1)N1CCC(=NOCc2ncccc2-c2ccccc2)CC1. The lowest BCUT2D eigenvalue weighted by Gasteiger charge is -2.26. The normalized spacial score (nSPS) is 15.0. The molecule has 1 saturated heterocycles. The summed E-state index contributed by atoms with van der Waals surface area (Å²) in [4.78, 5) is 9.82. The second kappa shape index (κ2) is 10.4. The molecule has 35 heavy (non-hydrogen) atoms. The Balaban J connectivity index is 1.34. The van der Waals surface area contributed by atoms with Gasteiger partial charge in [-0.1, -0.05) is 41.6 Å². The summed E-state index contributed by atoms with van der Waals surface area (Å²) in [6.45, 7) is 0.539. The van der Waals surface area contributed by atoms with Crippen LogP contribution in [0.4, 0.5) is 13.2 Å². The summed E-state index contributed by atoms with van der Waals surface area (Å²) < 4.78 is 67.7. The smallest absolute Gasteiger partial charge is 0.406 e. The minimum absolute atomic E-state index is 0.104. The number of hydrogen-bond donors (Lipinski definition) is 0. The Bertz CT molecular complexity index is 1270. The fourth-order valence-corrected chi connectivity index (χ4v) is 5.10. The number of nitrogens with zero attached hydrogens (tertiary/aromatic N) is 3. The van der Waals surface area contributed by atoms with Gasteiger partial charge in [0.2, 0.25) is 10.0 Å². The predicted octanol–water partition coefficient (Wildman–Crippen LogP) is 5.00. The topological polar surface area (TPSA) is 81.1 Å². The average molecular weight is 506 g/mol. The Labute approximate surface area is 200 Å². The van der Waals surface area contributed by atoms with Crippen molar-refractivity contribution in [1.29, 1.82) is 0 Å². The van der Waals surface area contributed by atoms with E-state index in [0.717, 1.165) is 46.8 Å². The van der Waals surface area contributed by atoms with Gasteiger partial charge in [0.1, 0.15) is 5.75 Å². The van der Waals surface area contributed by atoms with Gasteiger partial charge >= 0.3 is 6.36 Å². The zero-order valence-electron chi connectivity index (χ0n) is 18.5. The van der Waals surface area contributed by atoms with Gasteiger partial charge in [0, 0.05) is 37.7 Å². The lowest BCUT2D eigenvalue weighted by Crippen LogP contribution is -2.38. The Morgan fingerprint density at radius 3 is 2.29 bits per heavy atom. The molecule has 0 saturated carbocycles. The summed E-state index contributed by atoms with van der Waals surface area (Å²) in [6.07, 6.45) is -2.40. The van der Waals surface area contributed by atoms with Gasteiger partial charge in [-0.2, -0.15) is 4.31 Å². The number of ether oxygens (including phenoxy) is 1.